The van der Waals surface area contributed by atoms with Crippen molar-refractivity contribution in [3.8, 4) is 22.8 Å². The summed E-state index contributed by atoms with van der Waals surface area (Å²) in [6, 6.07) is 18.0. The first-order valence-corrected chi connectivity index (χ1v) is 11.6. The van der Waals surface area contributed by atoms with Crippen molar-refractivity contribution >= 4 is 15.8 Å². The first-order valence-electron chi connectivity index (χ1n) is 10.2. The molecule has 0 aliphatic rings. The molecule has 0 saturated heterocycles. The van der Waals surface area contributed by atoms with Crippen LogP contribution in [0.25, 0.3) is 16.9 Å². The molecule has 2 aromatic heterocycles. The van der Waals surface area contributed by atoms with Crippen molar-refractivity contribution in [2.24, 2.45) is 0 Å². The van der Waals surface area contributed by atoms with E-state index in [0.717, 1.165) is 28.2 Å². The highest BCUT2D eigenvalue weighted by Crippen LogP contribution is 2.23. The summed E-state index contributed by atoms with van der Waals surface area (Å²) in [5.41, 5.74) is 3.64. The number of nitrogens with zero attached hydrogens (tertiary/aromatic N) is 2. The number of rotatable bonds is 9. The van der Waals surface area contributed by atoms with E-state index in [1.165, 1.54) is 0 Å². The molecule has 0 saturated carbocycles. The highest BCUT2D eigenvalue weighted by atomic mass is 32.2. The lowest BCUT2D eigenvalue weighted by Crippen LogP contribution is -2.10. The van der Waals surface area contributed by atoms with Gasteiger partial charge < -0.3 is 13.9 Å². The molecule has 0 aliphatic carbocycles. The monoisotopic (exact) mass is 452 g/mol. The zero-order chi connectivity index (χ0) is 22.6. The second kappa shape index (κ2) is 9.42. The van der Waals surface area contributed by atoms with Crippen LogP contribution in [0.15, 0.2) is 78.0 Å². The number of imidazole rings is 1. The largest absolute Gasteiger partial charge is 0.495 e. The molecule has 2 heterocycles. The van der Waals surface area contributed by atoms with Crippen LogP contribution in [0.4, 0.5) is 0 Å². The van der Waals surface area contributed by atoms with E-state index < -0.39 is 10.1 Å². The van der Waals surface area contributed by atoms with E-state index in [9.17, 15) is 8.42 Å². The number of benzene rings is 2. The number of pyridine rings is 1. The number of methoxy groups -OCH3 is 1. The molecule has 0 radical (unpaired) electrons. The SMILES string of the molecule is COc1ccc2nc(-c3ccc(OCCCOS(=O)(=O)c4ccc(C)cc4)cc3)cn2c1. The van der Waals surface area contributed by atoms with Gasteiger partial charge in [0.15, 0.2) is 0 Å². The molecule has 0 unspecified atom stereocenters. The van der Waals surface area contributed by atoms with E-state index >= 15 is 0 Å². The molecule has 2 aromatic carbocycles. The minimum atomic E-state index is -3.75. The Kier molecular flexibility index (Phi) is 6.43. The molecular formula is C24H24N2O5S. The van der Waals surface area contributed by atoms with Gasteiger partial charge in [-0.1, -0.05) is 17.7 Å². The molecule has 4 rings (SSSR count). The van der Waals surface area contributed by atoms with Gasteiger partial charge in [0.25, 0.3) is 10.1 Å². The zero-order valence-electron chi connectivity index (χ0n) is 17.9. The van der Waals surface area contributed by atoms with Gasteiger partial charge in [0, 0.05) is 18.2 Å². The summed E-state index contributed by atoms with van der Waals surface area (Å²) < 4.78 is 42.3. The summed E-state index contributed by atoms with van der Waals surface area (Å²) in [6.07, 6.45) is 4.27. The molecule has 0 atom stereocenters. The Balaban J connectivity index is 1.28. The second-order valence-corrected chi connectivity index (χ2v) is 8.89. The van der Waals surface area contributed by atoms with Crippen molar-refractivity contribution in [2.45, 2.75) is 18.2 Å². The molecule has 0 N–H and O–H groups in total. The van der Waals surface area contributed by atoms with Crippen molar-refractivity contribution in [1.82, 2.24) is 9.38 Å². The molecule has 7 nitrogen and oxygen atoms in total. The van der Waals surface area contributed by atoms with Crippen molar-refractivity contribution in [2.75, 3.05) is 20.3 Å². The normalized spacial score (nSPS) is 11.6. The number of fused-ring (bicyclic) bond motifs is 1. The van der Waals surface area contributed by atoms with Crippen LogP contribution in [-0.4, -0.2) is 38.1 Å². The van der Waals surface area contributed by atoms with Crippen LogP contribution >= 0.6 is 0 Å². The first-order chi connectivity index (χ1) is 15.4. The van der Waals surface area contributed by atoms with Crippen LogP contribution in [-0.2, 0) is 14.3 Å². The molecule has 0 bridgehead atoms. The van der Waals surface area contributed by atoms with Gasteiger partial charge in [-0.3, -0.25) is 4.18 Å². The molecule has 0 fully saturated rings. The summed E-state index contributed by atoms with van der Waals surface area (Å²) in [5.74, 6) is 1.46. The molecular weight excluding hydrogens is 428 g/mol. The summed E-state index contributed by atoms with van der Waals surface area (Å²) in [6.45, 7) is 2.30. The van der Waals surface area contributed by atoms with Gasteiger partial charge >= 0.3 is 0 Å². The molecule has 0 aliphatic heterocycles. The Bertz CT molecular complexity index is 1300. The van der Waals surface area contributed by atoms with Crippen LogP contribution in [0.5, 0.6) is 11.5 Å². The third kappa shape index (κ3) is 5.09. The van der Waals surface area contributed by atoms with Crippen molar-refractivity contribution in [3.05, 3.63) is 78.6 Å². The fourth-order valence-corrected chi connectivity index (χ4v) is 4.09. The van der Waals surface area contributed by atoms with E-state index in [2.05, 4.69) is 4.98 Å². The average molecular weight is 453 g/mol. The Morgan fingerprint density at radius 1 is 0.875 bits per heavy atom. The average Bonchev–Trinajstić information content (AvgIpc) is 3.23. The van der Waals surface area contributed by atoms with Crippen LogP contribution in [0.1, 0.15) is 12.0 Å². The zero-order valence-corrected chi connectivity index (χ0v) is 18.7. The predicted molar refractivity (Wildman–Crippen MR) is 122 cm³/mol. The number of aryl methyl sites for hydroxylation is 1. The summed E-state index contributed by atoms with van der Waals surface area (Å²) in [5, 5.41) is 0. The van der Waals surface area contributed by atoms with Gasteiger partial charge in [-0.25, -0.2) is 4.98 Å². The predicted octanol–water partition coefficient (Wildman–Crippen LogP) is 4.49. The van der Waals surface area contributed by atoms with Gasteiger partial charge in [-0.2, -0.15) is 8.42 Å². The Hall–Kier alpha value is -3.36. The number of ether oxygens (including phenoxy) is 2. The standard InChI is InChI=1S/C24H24N2O5S/c1-18-4-11-22(12-5-18)32(27,28)31-15-3-14-30-20-8-6-19(7-9-20)23-17-26-16-21(29-2)10-13-24(26)25-23/h4-13,16-17H,3,14-15H2,1-2H3. The molecule has 0 amide bonds. The highest BCUT2D eigenvalue weighted by molar-refractivity contribution is 7.86. The lowest BCUT2D eigenvalue weighted by atomic mass is 10.2. The Morgan fingerprint density at radius 3 is 2.31 bits per heavy atom. The molecule has 8 heteroatoms. The van der Waals surface area contributed by atoms with Gasteiger partial charge in [-0.05, 0) is 55.5 Å². The van der Waals surface area contributed by atoms with Gasteiger partial charge in [-0.15, -0.1) is 0 Å². The molecule has 4 aromatic rings. The number of hydrogen-bond donors (Lipinski definition) is 0. The maximum Gasteiger partial charge on any atom is 0.296 e. The smallest absolute Gasteiger partial charge is 0.296 e. The Labute approximate surface area is 187 Å². The third-order valence-electron chi connectivity index (χ3n) is 4.92. The van der Waals surface area contributed by atoms with Crippen molar-refractivity contribution in [1.29, 1.82) is 0 Å². The number of aromatic nitrogens is 2. The topological polar surface area (TPSA) is 79.1 Å². The first kappa shape index (κ1) is 21.9. The van der Waals surface area contributed by atoms with Crippen molar-refractivity contribution in [3.63, 3.8) is 0 Å². The number of hydrogen-bond acceptors (Lipinski definition) is 6. The quantitative estimate of drug-likeness (QED) is 0.275. The van der Waals surface area contributed by atoms with Gasteiger partial charge in [0.1, 0.15) is 17.1 Å². The van der Waals surface area contributed by atoms with Crippen LogP contribution in [0.2, 0.25) is 0 Å². The molecule has 32 heavy (non-hydrogen) atoms. The van der Waals surface area contributed by atoms with E-state index in [1.54, 1.807) is 31.4 Å². The van der Waals surface area contributed by atoms with Crippen LogP contribution in [0.3, 0.4) is 0 Å². The van der Waals surface area contributed by atoms with Crippen LogP contribution in [0, 0.1) is 6.92 Å². The second-order valence-electron chi connectivity index (χ2n) is 7.28. The van der Waals surface area contributed by atoms with E-state index in [1.807, 2.05) is 60.1 Å². The molecule has 166 valence electrons. The minimum Gasteiger partial charge on any atom is -0.495 e. The van der Waals surface area contributed by atoms with E-state index in [0.29, 0.717) is 18.8 Å². The van der Waals surface area contributed by atoms with E-state index in [4.69, 9.17) is 13.7 Å². The fourth-order valence-electron chi connectivity index (χ4n) is 3.14. The summed E-state index contributed by atoms with van der Waals surface area (Å²) >= 11 is 0. The summed E-state index contributed by atoms with van der Waals surface area (Å²) in [4.78, 5) is 4.78. The molecule has 0 spiro atoms. The fraction of sp³-hybridized carbons (Fsp3) is 0.208. The maximum atomic E-state index is 12.2. The van der Waals surface area contributed by atoms with Gasteiger partial charge in [0.2, 0.25) is 0 Å². The minimum absolute atomic E-state index is 0.0546. The van der Waals surface area contributed by atoms with Gasteiger partial charge in [0.05, 0.1) is 37.1 Å². The lowest BCUT2D eigenvalue weighted by Gasteiger charge is -2.08. The van der Waals surface area contributed by atoms with Crippen molar-refractivity contribution < 1.29 is 22.1 Å². The van der Waals surface area contributed by atoms with Crippen LogP contribution < -0.4 is 9.47 Å². The highest BCUT2D eigenvalue weighted by Gasteiger charge is 2.14. The third-order valence-corrected chi connectivity index (χ3v) is 6.24. The maximum absolute atomic E-state index is 12.2. The lowest BCUT2D eigenvalue weighted by molar-refractivity contribution is 0.250. The summed E-state index contributed by atoms with van der Waals surface area (Å²) in [7, 11) is -2.11. The van der Waals surface area contributed by atoms with E-state index in [-0.39, 0.29) is 11.5 Å². The Morgan fingerprint density at radius 2 is 1.59 bits per heavy atom.